The van der Waals surface area contributed by atoms with Gasteiger partial charge in [-0.15, -0.1) is 0 Å². The average molecular weight is 451 g/mol. The Labute approximate surface area is 188 Å². The van der Waals surface area contributed by atoms with Gasteiger partial charge in [-0.05, 0) is 43.2 Å². The molecule has 2 atom stereocenters. The first kappa shape index (κ1) is 21.0. The Kier molecular flexibility index (Phi) is 4.66. The molecule has 2 aliphatic rings. The van der Waals surface area contributed by atoms with E-state index in [1.165, 1.54) is 13.1 Å². The first-order chi connectivity index (χ1) is 15.7. The van der Waals surface area contributed by atoms with Crippen molar-refractivity contribution < 1.29 is 23.8 Å². The Morgan fingerprint density at radius 1 is 1.24 bits per heavy atom. The molecule has 0 saturated carbocycles. The van der Waals surface area contributed by atoms with Gasteiger partial charge in [0.2, 0.25) is 11.3 Å². The summed E-state index contributed by atoms with van der Waals surface area (Å²) >= 11 is 0. The minimum atomic E-state index is -1.35. The number of amides is 1. The zero-order chi connectivity index (χ0) is 23.6. The number of anilines is 2. The summed E-state index contributed by atoms with van der Waals surface area (Å²) in [5.41, 5.74) is 2.09. The largest absolute Gasteiger partial charge is 0.487 e. The van der Waals surface area contributed by atoms with Gasteiger partial charge in [0.25, 0.3) is 0 Å². The van der Waals surface area contributed by atoms with Crippen molar-refractivity contribution in [2.75, 3.05) is 16.8 Å². The van der Waals surface area contributed by atoms with Crippen molar-refractivity contribution in [2.45, 2.75) is 39.4 Å². The second-order valence-electron chi connectivity index (χ2n) is 8.58. The van der Waals surface area contributed by atoms with Gasteiger partial charge in [0, 0.05) is 25.4 Å². The number of benzene rings is 2. The molecule has 0 fully saturated rings. The molecule has 0 aliphatic carbocycles. The maximum absolute atomic E-state index is 15.6. The number of ether oxygens (including phenoxy) is 1. The van der Waals surface area contributed by atoms with Crippen LogP contribution in [0.4, 0.5) is 15.8 Å². The van der Waals surface area contributed by atoms with Gasteiger partial charge < -0.3 is 24.6 Å². The SMILES string of the molecule is CC(=O)Nc1ccc2c(c1)CN(c1c(F)cc3c(=O)c(C(=O)O)cn4c3c1OCC4C)C2C. The Hall–Kier alpha value is -3.88. The van der Waals surface area contributed by atoms with Gasteiger partial charge in [-0.25, -0.2) is 9.18 Å². The van der Waals surface area contributed by atoms with Gasteiger partial charge >= 0.3 is 5.97 Å². The second-order valence-corrected chi connectivity index (χ2v) is 8.58. The third kappa shape index (κ3) is 3.14. The van der Waals surface area contributed by atoms with Crippen LogP contribution in [0.3, 0.4) is 0 Å². The van der Waals surface area contributed by atoms with Gasteiger partial charge in [-0.3, -0.25) is 9.59 Å². The Bertz CT molecular complexity index is 1410. The lowest BCUT2D eigenvalue weighted by atomic mass is 10.0. The van der Waals surface area contributed by atoms with E-state index in [0.717, 1.165) is 17.2 Å². The summed E-state index contributed by atoms with van der Waals surface area (Å²) in [6.07, 6.45) is 1.31. The molecule has 2 aliphatic heterocycles. The molecule has 9 heteroatoms. The van der Waals surface area contributed by atoms with Crippen LogP contribution < -0.4 is 20.4 Å². The van der Waals surface area contributed by atoms with Crippen LogP contribution in [0.25, 0.3) is 10.9 Å². The molecule has 3 heterocycles. The van der Waals surface area contributed by atoms with Crippen LogP contribution in [-0.4, -0.2) is 28.2 Å². The zero-order valence-electron chi connectivity index (χ0n) is 18.3. The number of rotatable bonds is 3. The van der Waals surface area contributed by atoms with Gasteiger partial charge in [0.15, 0.2) is 11.6 Å². The van der Waals surface area contributed by atoms with Crippen LogP contribution in [0.2, 0.25) is 0 Å². The number of nitrogens with zero attached hydrogens (tertiary/aromatic N) is 2. The van der Waals surface area contributed by atoms with Crippen molar-refractivity contribution in [1.29, 1.82) is 0 Å². The van der Waals surface area contributed by atoms with Gasteiger partial charge in [0.05, 0.1) is 23.0 Å². The fraction of sp³-hybridized carbons (Fsp3) is 0.292. The summed E-state index contributed by atoms with van der Waals surface area (Å²) < 4.78 is 23.2. The van der Waals surface area contributed by atoms with Crippen molar-refractivity contribution in [2.24, 2.45) is 0 Å². The molecule has 170 valence electrons. The first-order valence-electron chi connectivity index (χ1n) is 10.6. The summed E-state index contributed by atoms with van der Waals surface area (Å²) in [4.78, 5) is 37.7. The fourth-order valence-corrected chi connectivity index (χ4v) is 4.82. The van der Waals surface area contributed by atoms with Crippen molar-refractivity contribution in [3.8, 4) is 5.75 Å². The number of carboxylic acids is 1. The number of aromatic carboxylic acids is 1. The maximum atomic E-state index is 15.6. The lowest BCUT2D eigenvalue weighted by Crippen LogP contribution is -2.29. The molecule has 2 N–H and O–H groups in total. The molecule has 3 aromatic rings. The Morgan fingerprint density at radius 3 is 2.70 bits per heavy atom. The molecule has 1 amide bonds. The fourth-order valence-electron chi connectivity index (χ4n) is 4.82. The van der Waals surface area contributed by atoms with Crippen LogP contribution in [0.15, 0.2) is 35.3 Å². The molecule has 0 spiro atoms. The Morgan fingerprint density at radius 2 is 2.00 bits per heavy atom. The number of hydrogen-bond donors (Lipinski definition) is 2. The molecule has 0 bridgehead atoms. The number of carbonyl (C=O) groups excluding carboxylic acids is 1. The van der Waals surface area contributed by atoms with E-state index in [9.17, 15) is 19.5 Å². The molecular formula is C24H22FN3O5. The monoisotopic (exact) mass is 451 g/mol. The summed E-state index contributed by atoms with van der Waals surface area (Å²) in [7, 11) is 0. The highest BCUT2D eigenvalue weighted by molar-refractivity contribution is 5.97. The van der Waals surface area contributed by atoms with Crippen molar-refractivity contribution in [3.05, 3.63) is 63.2 Å². The zero-order valence-corrected chi connectivity index (χ0v) is 18.3. The predicted octanol–water partition coefficient (Wildman–Crippen LogP) is 3.83. The third-order valence-corrected chi connectivity index (χ3v) is 6.38. The summed E-state index contributed by atoms with van der Waals surface area (Å²) in [6.45, 7) is 5.83. The number of nitrogens with one attached hydrogen (secondary N) is 1. The van der Waals surface area contributed by atoms with E-state index in [2.05, 4.69) is 5.32 Å². The summed E-state index contributed by atoms with van der Waals surface area (Å²) in [5.74, 6) is -1.95. The number of halogens is 1. The smallest absolute Gasteiger partial charge is 0.341 e. The van der Waals surface area contributed by atoms with Crippen LogP contribution in [0.5, 0.6) is 5.75 Å². The molecule has 5 rings (SSSR count). The van der Waals surface area contributed by atoms with Crippen LogP contribution in [0, 0.1) is 5.82 Å². The Balaban J connectivity index is 1.69. The first-order valence-corrected chi connectivity index (χ1v) is 10.6. The van der Waals surface area contributed by atoms with E-state index >= 15 is 4.39 Å². The molecule has 8 nitrogen and oxygen atoms in total. The standard InChI is InChI=1S/C24H22FN3O5/c1-11-10-33-23-20-17(22(30)18(24(31)32)9-27(11)20)7-19(25)21(23)28-8-14-6-15(26-13(3)29)4-5-16(14)12(28)2/h4-7,9,11-12H,8,10H2,1-3H3,(H,26,29)(H,31,32). The molecule has 1 aromatic heterocycles. The molecule has 2 unspecified atom stereocenters. The van der Waals surface area contributed by atoms with E-state index in [4.69, 9.17) is 4.74 Å². The predicted molar refractivity (Wildman–Crippen MR) is 121 cm³/mol. The molecule has 33 heavy (non-hydrogen) atoms. The molecule has 0 saturated heterocycles. The number of pyridine rings is 1. The highest BCUT2D eigenvalue weighted by Crippen LogP contribution is 2.47. The number of aromatic nitrogens is 1. The second kappa shape index (κ2) is 7.33. The highest BCUT2D eigenvalue weighted by Gasteiger charge is 2.35. The van der Waals surface area contributed by atoms with Gasteiger partial charge in [-0.1, -0.05) is 6.07 Å². The van der Waals surface area contributed by atoms with Gasteiger partial charge in [0.1, 0.15) is 17.9 Å². The van der Waals surface area contributed by atoms with E-state index in [1.54, 1.807) is 4.57 Å². The van der Waals surface area contributed by atoms with Gasteiger partial charge in [-0.2, -0.15) is 0 Å². The highest BCUT2D eigenvalue weighted by atomic mass is 19.1. The van der Waals surface area contributed by atoms with Crippen LogP contribution in [0.1, 0.15) is 54.3 Å². The molecule has 0 radical (unpaired) electrons. The van der Waals surface area contributed by atoms with Crippen molar-refractivity contribution >= 4 is 34.2 Å². The summed E-state index contributed by atoms with van der Waals surface area (Å²) in [6, 6.07) is 6.29. The number of carbonyl (C=O) groups is 2. The average Bonchev–Trinajstić information content (AvgIpc) is 3.06. The van der Waals surface area contributed by atoms with Crippen molar-refractivity contribution in [3.63, 3.8) is 0 Å². The molecular weight excluding hydrogens is 429 g/mol. The minimum absolute atomic E-state index is 0.0185. The van der Waals surface area contributed by atoms with E-state index in [1.807, 2.05) is 36.9 Å². The van der Waals surface area contributed by atoms with E-state index in [0.29, 0.717) is 17.7 Å². The van der Waals surface area contributed by atoms with E-state index in [-0.39, 0.29) is 41.4 Å². The van der Waals surface area contributed by atoms with Crippen LogP contribution >= 0.6 is 0 Å². The topological polar surface area (TPSA) is 101 Å². The minimum Gasteiger partial charge on any atom is -0.487 e. The lowest BCUT2D eigenvalue weighted by molar-refractivity contribution is -0.114. The van der Waals surface area contributed by atoms with Crippen molar-refractivity contribution in [1.82, 2.24) is 4.57 Å². The van der Waals surface area contributed by atoms with E-state index < -0.39 is 22.8 Å². The normalized spacial score (nSPS) is 18.7. The van der Waals surface area contributed by atoms with Crippen LogP contribution in [-0.2, 0) is 11.3 Å². The number of fused-ring (bicyclic) bond motifs is 1. The quantitative estimate of drug-likeness (QED) is 0.628. The molecule has 2 aromatic carbocycles. The number of carboxylic acid groups (broad SMARTS) is 1. The summed E-state index contributed by atoms with van der Waals surface area (Å²) in [5, 5.41) is 12.2. The third-order valence-electron chi connectivity index (χ3n) is 6.38. The maximum Gasteiger partial charge on any atom is 0.341 e. The number of hydrogen-bond acceptors (Lipinski definition) is 5. The lowest BCUT2D eigenvalue weighted by Gasteiger charge is -2.32.